The first-order chi connectivity index (χ1) is 12.5. The van der Waals surface area contributed by atoms with E-state index in [1.807, 2.05) is 13.8 Å². The predicted molar refractivity (Wildman–Crippen MR) is 98.7 cm³/mol. The van der Waals surface area contributed by atoms with E-state index in [0.29, 0.717) is 12.3 Å². The van der Waals surface area contributed by atoms with Gasteiger partial charge in [-0.3, -0.25) is 9.59 Å². The molecule has 0 bridgehead atoms. The number of amides is 2. The van der Waals surface area contributed by atoms with E-state index in [4.69, 9.17) is 4.74 Å². The zero-order valence-electron chi connectivity index (χ0n) is 14.9. The number of halogens is 1. The van der Waals surface area contributed by atoms with Crippen molar-refractivity contribution in [2.24, 2.45) is 0 Å². The topological polar surface area (TPSA) is 67.4 Å². The molecule has 0 spiro atoms. The van der Waals surface area contributed by atoms with E-state index in [1.165, 1.54) is 12.1 Å². The first-order valence-electron chi connectivity index (χ1n) is 8.52. The highest BCUT2D eigenvalue weighted by Gasteiger charge is 2.12. The van der Waals surface area contributed by atoms with Crippen LogP contribution in [0.2, 0.25) is 0 Å². The van der Waals surface area contributed by atoms with Crippen LogP contribution in [0.5, 0.6) is 5.75 Å². The van der Waals surface area contributed by atoms with Crippen LogP contribution >= 0.6 is 0 Å². The van der Waals surface area contributed by atoms with Gasteiger partial charge in [-0.05, 0) is 54.8 Å². The summed E-state index contributed by atoms with van der Waals surface area (Å²) in [6.07, 6.45) is 0.224. The van der Waals surface area contributed by atoms with Gasteiger partial charge in [-0.25, -0.2) is 4.39 Å². The molecule has 2 amide bonds. The number of carbonyl (C=O) groups is 2. The molecule has 0 fully saturated rings. The van der Waals surface area contributed by atoms with Crippen LogP contribution < -0.4 is 15.4 Å². The monoisotopic (exact) mass is 358 g/mol. The molecular formula is C20H23FN2O3. The maximum atomic E-state index is 12.9. The largest absolute Gasteiger partial charge is 0.494 e. The van der Waals surface area contributed by atoms with Crippen molar-refractivity contribution in [1.29, 1.82) is 0 Å². The molecule has 0 radical (unpaired) electrons. The van der Waals surface area contributed by atoms with E-state index in [0.717, 1.165) is 11.3 Å². The first kappa shape index (κ1) is 19.4. The van der Waals surface area contributed by atoms with Gasteiger partial charge in [0.25, 0.3) is 0 Å². The van der Waals surface area contributed by atoms with Crippen molar-refractivity contribution in [3.8, 4) is 5.75 Å². The maximum absolute atomic E-state index is 12.9. The standard InChI is InChI=1S/C20H23FN2O3/c1-3-26-18-10-8-17(9-11-18)23-20(25)13-22-19(24)12-14(2)15-4-6-16(21)7-5-15/h4-11,14H,3,12-13H2,1-2H3,(H,22,24)(H,23,25). The Morgan fingerprint density at radius 2 is 1.69 bits per heavy atom. The predicted octanol–water partition coefficient (Wildman–Crippen LogP) is 3.47. The number of ether oxygens (including phenoxy) is 1. The van der Waals surface area contributed by atoms with Gasteiger partial charge >= 0.3 is 0 Å². The summed E-state index contributed by atoms with van der Waals surface area (Å²) in [5, 5.41) is 5.30. The molecule has 6 heteroatoms. The van der Waals surface area contributed by atoms with Gasteiger partial charge in [0.2, 0.25) is 11.8 Å². The molecule has 0 saturated heterocycles. The normalized spacial score (nSPS) is 11.5. The lowest BCUT2D eigenvalue weighted by Crippen LogP contribution is -2.33. The Balaban J connectivity index is 1.75. The van der Waals surface area contributed by atoms with Gasteiger partial charge in [0.15, 0.2) is 0 Å². The van der Waals surface area contributed by atoms with Crippen LogP contribution in [-0.2, 0) is 9.59 Å². The summed E-state index contributed by atoms with van der Waals surface area (Å²) in [5.41, 5.74) is 1.51. The summed E-state index contributed by atoms with van der Waals surface area (Å²) in [4.78, 5) is 23.9. The third-order valence-corrected chi connectivity index (χ3v) is 3.83. The molecule has 2 rings (SSSR count). The highest BCUT2D eigenvalue weighted by molar-refractivity contribution is 5.94. The van der Waals surface area contributed by atoms with Crippen molar-refractivity contribution < 1.29 is 18.7 Å². The summed E-state index contributed by atoms with van der Waals surface area (Å²) in [5.74, 6) is -0.185. The minimum Gasteiger partial charge on any atom is -0.494 e. The molecule has 0 saturated carbocycles. The average Bonchev–Trinajstić information content (AvgIpc) is 2.62. The van der Waals surface area contributed by atoms with Gasteiger partial charge in [-0.2, -0.15) is 0 Å². The van der Waals surface area contributed by atoms with Gasteiger partial charge in [-0.1, -0.05) is 19.1 Å². The number of anilines is 1. The molecule has 0 aliphatic heterocycles. The second-order valence-electron chi connectivity index (χ2n) is 5.94. The molecule has 2 aromatic rings. The molecular weight excluding hydrogens is 335 g/mol. The second-order valence-corrected chi connectivity index (χ2v) is 5.94. The van der Waals surface area contributed by atoms with E-state index in [1.54, 1.807) is 36.4 Å². The zero-order valence-corrected chi connectivity index (χ0v) is 14.9. The molecule has 0 heterocycles. The molecule has 5 nitrogen and oxygen atoms in total. The van der Waals surface area contributed by atoms with Crippen molar-refractivity contribution in [2.45, 2.75) is 26.2 Å². The van der Waals surface area contributed by atoms with Gasteiger partial charge in [0, 0.05) is 12.1 Å². The number of benzene rings is 2. The van der Waals surface area contributed by atoms with Crippen molar-refractivity contribution >= 4 is 17.5 Å². The summed E-state index contributed by atoms with van der Waals surface area (Å²) in [6, 6.07) is 13.1. The van der Waals surface area contributed by atoms with Gasteiger partial charge in [0.05, 0.1) is 13.2 Å². The number of carbonyl (C=O) groups excluding carboxylic acids is 2. The Labute approximate surface area is 152 Å². The molecule has 2 aromatic carbocycles. The van der Waals surface area contributed by atoms with E-state index in [2.05, 4.69) is 10.6 Å². The van der Waals surface area contributed by atoms with E-state index < -0.39 is 0 Å². The van der Waals surface area contributed by atoms with E-state index in [-0.39, 0.29) is 36.5 Å². The fourth-order valence-corrected chi connectivity index (χ4v) is 2.44. The zero-order chi connectivity index (χ0) is 18.9. The summed E-state index contributed by atoms with van der Waals surface area (Å²) in [7, 11) is 0. The van der Waals surface area contributed by atoms with Crippen molar-refractivity contribution in [3.05, 3.63) is 59.9 Å². The summed E-state index contributed by atoms with van der Waals surface area (Å²) in [6.45, 7) is 4.25. The third-order valence-electron chi connectivity index (χ3n) is 3.83. The maximum Gasteiger partial charge on any atom is 0.243 e. The van der Waals surface area contributed by atoms with Crippen LogP contribution in [0.1, 0.15) is 31.7 Å². The summed E-state index contributed by atoms with van der Waals surface area (Å²) < 4.78 is 18.3. The first-order valence-corrected chi connectivity index (χ1v) is 8.52. The number of hydrogen-bond acceptors (Lipinski definition) is 3. The van der Waals surface area contributed by atoms with Crippen molar-refractivity contribution in [3.63, 3.8) is 0 Å². The van der Waals surface area contributed by atoms with E-state index in [9.17, 15) is 14.0 Å². The third kappa shape index (κ3) is 6.20. The second kappa shape index (κ2) is 9.56. The van der Waals surface area contributed by atoms with Crippen LogP contribution in [0.3, 0.4) is 0 Å². The Morgan fingerprint density at radius 3 is 2.31 bits per heavy atom. The lowest BCUT2D eigenvalue weighted by atomic mass is 9.97. The molecule has 0 aliphatic rings. The summed E-state index contributed by atoms with van der Waals surface area (Å²) >= 11 is 0. The molecule has 0 aromatic heterocycles. The fraction of sp³-hybridized carbons (Fsp3) is 0.300. The minimum absolute atomic E-state index is 0.0650. The molecule has 26 heavy (non-hydrogen) atoms. The highest BCUT2D eigenvalue weighted by atomic mass is 19.1. The van der Waals surface area contributed by atoms with Gasteiger partial charge in [0.1, 0.15) is 11.6 Å². The highest BCUT2D eigenvalue weighted by Crippen LogP contribution is 2.19. The molecule has 2 N–H and O–H groups in total. The van der Waals surface area contributed by atoms with Crippen LogP contribution in [-0.4, -0.2) is 25.0 Å². The average molecular weight is 358 g/mol. The van der Waals surface area contributed by atoms with Crippen LogP contribution in [0.15, 0.2) is 48.5 Å². The minimum atomic E-state index is -0.309. The van der Waals surface area contributed by atoms with Crippen LogP contribution in [0.4, 0.5) is 10.1 Å². The SMILES string of the molecule is CCOc1ccc(NC(=O)CNC(=O)CC(C)c2ccc(F)cc2)cc1. The van der Waals surface area contributed by atoms with Crippen LogP contribution in [0.25, 0.3) is 0 Å². The quantitative estimate of drug-likeness (QED) is 0.759. The fourth-order valence-electron chi connectivity index (χ4n) is 2.44. The smallest absolute Gasteiger partial charge is 0.243 e. The Morgan fingerprint density at radius 1 is 1.04 bits per heavy atom. The molecule has 0 aliphatic carbocycles. The molecule has 1 unspecified atom stereocenters. The Bertz CT molecular complexity index is 730. The number of nitrogens with one attached hydrogen (secondary N) is 2. The molecule has 138 valence electrons. The Hall–Kier alpha value is -2.89. The molecule has 1 atom stereocenters. The van der Waals surface area contributed by atoms with Crippen LogP contribution in [0, 0.1) is 5.82 Å². The van der Waals surface area contributed by atoms with Gasteiger partial charge < -0.3 is 15.4 Å². The van der Waals surface area contributed by atoms with Gasteiger partial charge in [-0.15, -0.1) is 0 Å². The number of rotatable bonds is 8. The van der Waals surface area contributed by atoms with E-state index >= 15 is 0 Å². The lowest BCUT2D eigenvalue weighted by molar-refractivity contribution is -0.124. The Kier molecular flexibility index (Phi) is 7.14. The lowest BCUT2D eigenvalue weighted by Gasteiger charge is -2.12. The van der Waals surface area contributed by atoms with Crippen molar-refractivity contribution in [1.82, 2.24) is 5.32 Å². The van der Waals surface area contributed by atoms with Crippen molar-refractivity contribution in [2.75, 3.05) is 18.5 Å². The number of hydrogen-bond donors (Lipinski definition) is 2.